The van der Waals surface area contributed by atoms with E-state index in [2.05, 4.69) is 6.92 Å². The number of benzene rings is 1. The molecule has 0 bridgehead atoms. The van der Waals surface area contributed by atoms with Crippen molar-refractivity contribution in [2.24, 2.45) is 0 Å². The van der Waals surface area contributed by atoms with Crippen LogP contribution >= 0.6 is 0 Å². The molecule has 0 unspecified atom stereocenters. The Morgan fingerprint density at radius 3 is 2.33 bits per heavy atom. The summed E-state index contributed by atoms with van der Waals surface area (Å²) in [4.78, 5) is 0.241. The van der Waals surface area contributed by atoms with Gasteiger partial charge in [-0.25, -0.2) is 8.42 Å². The fourth-order valence-corrected chi connectivity index (χ4v) is 1.61. The Morgan fingerprint density at radius 2 is 1.93 bits per heavy atom. The first-order valence-corrected chi connectivity index (χ1v) is 6.23. The summed E-state index contributed by atoms with van der Waals surface area (Å²) < 4.78 is 27.4. The lowest BCUT2D eigenvalue weighted by Crippen LogP contribution is -2.13. The maximum atomic E-state index is 11.1. The summed E-state index contributed by atoms with van der Waals surface area (Å²) in [5.41, 5.74) is 0. The maximum absolute atomic E-state index is 11.1. The molecule has 0 aromatic heterocycles. The van der Waals surface area contributed by atoms with Gasteiger partial charge in [-0.15, -0.1) is 0 Å². The van der Waals surface area contributed by atoms with E-state index in [1.54, 1.807) is 12.1 Å². The third kappa shape index (κ3) is 3.89. The highest BCUT2D eigenvalue weighted by molar-refractivity contribution is 7.90. The van der Waals surface area contributed by atoms with Crippen molar-refractivity contribution < 1.29 is 18.3 Å². The lowest BCUT2D eigenvalue weighted by molar-refractivity contribution is 0.142. The zero-order valence-corrected chi connectivity index (χ0v) is 9.20. The average Bonchev–Trinajstić information content (AvgIpc) is 2.14. The van der Waals surface area contributed by atoms with Gasteiger partial charge in [0.1, 0.15) is 12.4 Å². The van der Waals surface area contributed by atoms with Crippen LogP contribution in [0.1, 0.15) is 0 Å². The van der Waals surface area contributed by atoms with E-state index < -0.39 is 15.9 Å². The predicted molar refractivity (Wildman–Crippen MR) is 56.4 cm³/mol. The maximum Gasteiger partial charge on any atom is 0.175 e. The largest absolute Gasteiger partial charge is 0.491 e. The molecule has 1 aromatic carbocycles. The molecule has 1 rings (SSSR count). The normalized spacial score (nSPS) is 13.5. The number of aliphatic hydroxyl groups excluding tert-OH is 1. The van der Waals surface area contributed by atoms with Crippen LogP contribution in [0.5, 0.6) is 5.75 Å². The van der Waals surface area contributed by atoms with Gasteiger partial charge in [0.05, 0.1) is 11.0 Å². The van der Waals surface area contributed by atoms with E-state index in [1.165, 1.54) is 12.1 Å². The SMILES string of the molecule is [CH2][C@H](O)COc1ccc(S(C)(=O)=O)cc1. The van der Waals surface area contributed by atoms with E-state index >= 15 is 0 Å². The van der Waals surface area contributed by atoms with E-state index in [9.17, 15) is 8.42 Å². The Morgan fingerprint density at radius 1 is 1.40 bits per heavy atom. The van der Waals surface area contributed by atoms with Crippen molar-refractivity contribution in [3.05, 3.63) is 31.2 Å². The van der Waals surface area contributed by atoms with Gasteiger partial charge in [-0.1, -0.05) is 0 Å². The first-order chi connectivity index (χ1) is 6.89. The fourth-order valence-electron chi connectivity index (χ4n) is 0.975. The highest BCUT2D eigenvalue weighted by Gasteiger charge is 2.06. The van der Waals surface area contributed by atoms with E-state index in [0.717, 1.165) is 6.26 Å². The molecule has 0 saturated heterocycles. The molecule has 0 heterocycles. The Labute approximate surface area is 89.4 Å². The predicted octanol–water partition coefficient (Wildman–Crippen LogP) is 0.664. The minimum atomic E-state index is -3.17. The summed E-state index contributed by atoms with van der Waals surface area (Å²) in [6.45, 7) is 3.43. The van der Waals surface area contributed by atoms with Crippen LogP contribution < -0.4 is 4.74 Å². The lowest BCUT2D eigenvalue weighted by atomic mass is 10.3. The van der Waals surface area contributed by atoms with Gasteiger partial charge in [0, 0.05) is 6.26 Å². The topological polar surface area (TPSA) is 63.6 Å². The zero-order valence-electron chi connectivity index (χ0n) is 8.38. The number of rotatable bonds is 4. The van der Waals surface area contributed by atoms with Gasteiger partial charge in [-0.05, 0) is 31.2 Å². The van der Waals surface area contributed by atoms with Crippen molar-refractivity contribution in [2.75, 3.05) is 12.9 Å². The molecule has 0 aliphatic heterocycles. The number of sulfone groups is 1. The fraction of sp³-hybridized carbons (Fsp3) is 0.300. The van der Waals surface area contributed by atoms with Gasteiger partial charge in [0.25, 0.3) is 0 Å². The zero-order chi connectivity index (χ0) is 11.5. The Kier molecular flexibility index (Phi) is 3.71. The van der Waals surface area contributed by atoms with Crippen molar-refractivity contribution in [3.8, 4) is 5.75 Å². The second-order valence-corrected chi connectivity index (χ2v) is 5.22. The molecule has 1 atom stereocenters. The van der Waals surface area contributed by atoms with Crippen molar-refractivity contribution in [1.82, 2.24) is 0 Å². The molecule has 4 nitrogen and oxygen atoms in total. The van der Waals surface area contributed by atoms with Crippen molar-refractivity contribution >= 4 is 9.84 Å². The standard InChI is InChI=1S/C10H13O4S/c1-8(11)7-14-9-3-5-10(6-4-9)15(2,12)13/h3-6,8,11H,1,7H2,2H3/t8-/m0/s1. The summed E-state index contributed by atoms with van der Waals surface area (Å²) in [6.07, 6.45) is 0.349. The Balaban J connectivity index is 2.73. The molecule has 5 heteroatoms. The summed E-state index contributed by atoms with van der Waals surface area (Å²) in [5.74, 6) is 0.505. The minimum absolute atomic E-state index is 0.0816. The van der Waals surface area contributed by atoms with Crippen LogP contribution in [-0.4, -0.2) is 32.5 Å². The second-order valence-electron chi connectivity index (χ2n) is 3.21. The number of hydrogen-bond donors (Lipinski definition) is 1. The van der Waals surface area contributed by atoms with Crippen LogP contribution in [0.25, 0.3) is 0 Å². The molecule has 1 radical (unpaired) electrons. The van der Waals surface area contributed by atoms with Crippen LogP contribution in [0.15, 0.2) is 29.2 Å². The molecule has 0 aliphatic rings. The van der Waals surface area contributed by atoms with E-state index in [4.69, 9.17) is 9.84 Å². The lowest BCUT2D eigenvalue weighted by Gasteiger charge is -2.08. The van der Waals surface area contributed by atoms with Crippen molar-refractivity contribution in [3.63, 3.8) is 0 Å². The van der Waals surface area contributed by atoms with Crippen LogP contribution in [0, 0.1) is 6.92 Å². The monoisotopic (exact) mass is 229 g/mol. The highest BCUT2D eigenvalue weighted by Crippen LogP contribution is 2.15. The Hall–Kier alpha value is -1.07. The van der Waals surface area contributed by atoms with Crippen molar-refractivity contribution in [2.45, 2.75) is 11.0 Å². The van der Waals surface area contributed by atoms with E-state index in [1.807, 2.05) is 0 Å². The molecule has 1 aromatic rings. The molecule has 1 N–H and O–H groups in total. The van der Waals surface area contributed by atoms with Gasteiger partial charge in [-0.2, -0.15) is 0 Å². The summed E-state index contributed by atoms with van der Waals surface area (Å²) in [5, 5.41) is 8.87. The van der Waals surface area contributed by atoms with Gasteiger partial charge in [0.2, 0.25) is 0 Å². The third-order valence-electron chi connectivity index (χ3n) is 1.69. The first kappa shape index (κ1) is 12.0. The Bertz CT molecular complexity index is 406. The smallest absolute Gasteiger partial charge is 0.175 e. The second kappa shape index (κ2) is 4.63. The van der Waals surface area contributed by atoms with Gasteiger partial charge >= 0.3 is 0 Å². The van der Waals surface area contributed by atoms with E-state index in [0.29, 0.717) is 5.75 Å². The number of hydrogen-bond acceptors (Lipinski definition) is 4. The summed E-state index contributed by atoms with van der Waals surface area (Å²) >= 11 is 0. The molecule has 0 aliphatic carbocycles. The summed E-state index contributed by atoms with van der Waals surface area (Å²) in [7, 11) is -3.17. The first-order valence-electron chi connectivity index (χ1n) is 4.33. The van der Waals surface area contributed by atoms with Gasteiger partial charge in [0.15, 0.2) is 9.84 Å². The highest BCUT2D eigenvalue weighted by atomic mass is 32.2. The van der Waals surface area contributed by atoms with Gasteiger partial charge < -0.3 is 9.84 Å². The molecule has 0 fully saturated rings. The molecular weight excluding hydrogens is 216 g/mol. The van der Waals surface area contributed by atoms with Crippen LogP contribution in [0.3, 0.4) is 0 Å². The van der Waals surface area contributed by atoms with Crippen LogP contribution in [0.4, 0.5) is 0 Å². The molecule has 0 saturated carbocycles. The van der Waals surface area contributed by atoms with Crippen molar-refractivity contribution in [1.29, 1.82) is 0 Å². The minimum Gasteiger partial charge on any atom is -0.491 e. The summed E-state index contributed by atoms with van der Waals surface area (Å²) in [6, 6.07) is 6.00. The molecule has 0 spiro atoms. The van der Waals surface area contributed by atoms with E-state index in [-0.39, 0.29) is 11.5 Å². The number of ether oxygens (including phenoxy) is 1. The quantitative estimate of drug-likeness (QED) is 0.824. The van der Waals surface area contributed by atoms with Crippen LogP contribution in [-0.2, 0) is 9.84 Å². The molecule has 15 heavy (non-hydrogen) atoms. The van der Waals surface area contributed by atoms with Gasteiger partial charge in [-0.3, -0.25) is 0 Å². The molecular formula is C10H13O4S. The molecule has 0 amide bonds. The molecule has 83 valence electrons. The number of aliphatic hydroxyl groups is 1. The third-order valence-corrected chi connectivity index (χ3v) is 2.82. The average molecular weight is 229 g/mol. The van der Waals surface area contributed by atoms with Crippen LogP contribution in [0.2, 0.25) is 0 Å².